The Morgan fingerprint density at radius 2 is 1.92 bits per heavy atom. The van der Waals surface area contributed by atoms with Gasteiger partial charge in [0.25, 0.3) is 0 Å². The van der Waals surface area contributed by atoms with E-state index in [-0.39, 0.29) is 11.8 Å². The second-order valence-electron chi connectivity index (χ2n) is 6.35. The highest BCUT2D eigenvalue weighted by atomic mass is 19.1. The fourth-order valence-corrected chi connectivity index (χ4v) is 2.70. The van der Waals surface area contributed by atoms with Crippen LogP contribution in [0, 0.1) is 19.7 Å². The third kappa shape index (κ3) is 5.68. The highest BCUT2D eigenvalue weighted by molar-refractivity contribution is 5.90. The van der Waals surface area contributed by atoms with Crippen LogP contribution >= 0.6 is 0 Å². The molecule has 0 spiro atoms. The van der Waals surface area contributed by atoms with Gasteiger partial charge in [-0.25, -0.2) is 9.07 Å². The molecule has 0 aliphatic carbocycles. The zero-order chi connectivity index (χ0) is 19.1. The van der Waals surface area contributed by atoms with Crippen molar-refractivity contribution in [2.75, 3.05) is 11.9 Å². The van der Waals surface area contributed by atoms with Crippen molar-refractivity contribution in [3.63, 3.8) is 0 Å². The van der Waals surface area contributed by atoms with Gasteiger partial charge in [-0.3, -0.25) is 9.59 Å². The number of halogens is 1. The first-order valence-corrected chi connectivity index (χ1v) is 8.74. The van der Waals surface area contributed by atoms with Gasteiger partial charge in [-0.1, -0.05) is 6.42 Å². The first-order chi connectivity index (χ1) is 12.4. The van der Waals surface area contributed by atoms with E-state index in [2.05, 4.69) is 15.7 Å². The van der Waals surface area contributed by atoms with Crippen LogP contribution in [0.1, 0.15) is 44.0 Å². The standard InChI is InChI=1S/C19H25FN4O2/c1-13-11-14(2)24(23-13)18-9-8-16(12-17(18)20)22-19(26)7-5-4-6-10-21-15(3)25/h8-9,11-12H,4-7,10H2,1-3H3,(H,21,25)(H,22,26). The molecule has 7 heteroatoms. The van der Waals surface area contributed by atoms with Crippen molar-refractivity contribution in [1.29, 1.82) is 0 Å². The van der Waals surface area contributed by atoms with Crippen LogP contribution in [0.2, 0.25) is 0 Å². The summed E-state index contributed by atoms with van der Waals surface area (Å²) in [7, 11) is 0. The number of nitrogens with one attached hydrogen (secondary N) is 2. The summed E-state index contributed by atoms with van der Waals surface area (Å²) in [5, 5.41) is 9.70. The number of amides is 2. The van der Waals surface area contributed by atoms with Gasteiger partial charge in [0.15, 0.2) is 5.82 Å². The molecule has 0 aliphatic heterocycles. The summed E-state index contributed by atoms with van der Waals surface area (Å²) in [6, 6.07) is 6.46. The normalized spacial score (nSPS) is 10.6. The first-order valence-electron chi connectivity index (χ1n) is 8.74. The third-order valence-corrected chi connectivity index (χ3v) is 3.92. The minimum atomic E-state index is -0.440. The molecule has 1 aromatic heterocycles. The van der Waals surface area contributed by atoms with Gasteiger partial charge in [0.05, 0.1) is 5.69 Å². The van der Waals surface area contributed by atoms with Crippen molar-refractivity contribution in [3.05, 3.63) is 41.5 Å². The number of anilines is 1. The molecule has 140 valence electrons. The number of hydrogen-bond donors (Lipinski definition) is 2. The van der Waals surface area contributed by atoms with E-state index in [0.717, 1.165) is 30.7 Å². The van der Waals surface area contributed by atoms with Gasteiger partial charge >= 0.3 is 0 Å². The molecule has 1 heterocycles. The van der Waals surface area contributed by atoms with Crippen LogP contribution in [-0.2, 0) is 9.59 Å². The molecule has 0 radical (unpaired) electrons. The minimum Gasteiger partial charge on any atom is -0.356 e. The van der Waals surface area contributed by atoms with Crippen molar-refractivity contribution in [2.45, 2.75) is 46.5 Å². The number of aryl methyl sites for hydroxylation is 2. The quantitative estimate of drug-likeness (QED) is 0.710. The number of carbonyl (C=O) groups is 2. The molecule has 6 nitrogen and oxygen atoms in total. The lowest BCUT2D eigenvalue weighted by atomic mass is 10.2. The summed E-state index contributed by atoms with van der Waals surface area (Å²) in [5.74, 6) is -0.638. The van der Waals surface area contributed by atoms with Gasteiger partial charge in [-0.15, -0.1) is 0 Å². The highest BCUT2D eigenvalue weighted by Gasteiger charge is 2.11. The predicted molar refractivity (Wildman–Crippen MR) is 98.8 cm³/mol. The molecule has 2 rings (SSSR count). The van der Waals surface area contributed by atoms with Crippen LogP contribution in [0.15, 0.2) is 24.3 Å². The van der Waals surface area contributed by atoms with Crippen molar-refractivity contribution < 1.29 is 14.0 Å². The summed E-state index contributed by atoms with van der Waals surface area (Å²) in [6.45, 7) is 5.82. The zero-order valence-electron chi connectivity index (χ0n) is 15.4. The third-order valence-electron chi connectivity index (χ3n) is 3.92. The fraction of sp³-hybridized carbons (Fsp3) is 0.421. The summed E-state index contributed by atoms with van der Waals surface area (Å²) >= 11 is 0. The van der Waals surface area contributed by atoms with E-state index in [0.29, 0.717) is 24.3 Å². The van der Waals surface area contributed by atoms with Crippen LogP contribution < -0.4 is 10.6 Å². The molecule has 1 aromatic carbocycles. The lowest BCUT2D eigenvalue weighted by Crippen LogP contribution is -2.20. The lowest BCUT2D eigenvalue weighted by Gasteiger charge is -2.09. The molecular formula is C19H25FN4O2. The smallest absolute Gasteiger partial charge is 0.224 e. The van der Waals surface area contributed by atoms with Crippen LogP contribution in [0.4, 0.5) is 10.1 Å². The number of unbranched alkanes of at least 4 members (excludes halogenated alkanes) is 2. The number of rotatable bonds is 8. The Labute approximate surface area is 152 Å². The van der Waals surface area contributed by atoms with E-state index in [1.807, 2.05) is 19.9 Å². The first kappa shape index (κ1) is 19.6. The van der Waals surface area contributed by atoms with Gasteiger partial charge in [0, 0.05) is 31.3 Å². The molecule has 2 aromatic rings. The maximum atomic E-state index is 14.4. The average molecular weight is 360 g/mol. The lowest BCUT2D eigenvalue weighted by molar-refractivity contribution is -0.119. The fourth-order valence-electron chi connectivity index (χ4n) is 2.70. The molecule has 0 atom stereocenters. The van der Waals surface area contributed by atoms with Crippen LogP contribution in [0.25, 0.3) is 5.69 Å². The molecule has 0 aliphatic rings. The zero-order valence-corrected chi connectivity index (χ0v) is 15.4. The van der Waals surface area contributed by atoms with Crippen LogP contribution in [0.5, 0.6) is 0 Å². The number of aromatic nitrogens is 2. The van der Waals surface area contributed by atoms with E-state index < -0.39 is 5.82 Å². The second kappa shape index (κ2) is 9.12. The van der Waals surface area contributed by atoms with Crippen molar-refractivity contribution in [1.82, 2.24) is 15.1 Å². The Balaban J connectivity index is 1.84. The number of benzene rings is 1. The molecule has 2 amide bonds. The Bertz CT molecular complexity index is 786. The molecule has 0 fully saturated rings. The monoisotopic (exact) mass is 360 g/mol. The molecule has 0 unspecified atom stereocenters. The minimum absolute atomic E-state index is 0.0475. The van der Waals surface area contributed by atoms with E-state index in [1.165, 1.54) is 13.0 Å². The average Bonchev–Trinajstić information content (AvgIpc) is 2.89. The van der Waals surface area contributed by atoms with Crippen molar-refractivity contribution >= 4 is 17.5 Å². The SMILES string of the molecule is CC(=O)NCCCCCC(=O)Nc1ccc(-n2nc(C)cc2C)c(F)c1. The number of hydrogen-bond acceptors (Lipinski definition) is 3. The van der Waals surface area contributed by atoms with Crippen molar-refractivity contribution in [3.8, 4) is 5.69 Å². The Morgan fingerprint density at radius 3 is 2.54 bits per heavy atom. The highest BCUT2D eigenvalue weighted by Crippen LogP contribution is 2.20. The maximum Gasteiger partial charge on any atom is 0.224 e. The van der Waals surface area contributed by atoms with Gasteiger partial charge in [0.2, 0.25) is 11.8 Å². The number of carbonyl (C=O) groups excluding carboxylic acids is 2. The summed E-state index contributed by atoms with van der Waals surface area (Å²) in [5.41, 5.74) is 2.44. The summed E-state index contributed by atoms with van der Waals surface area (Å²) in [4.78, 5) is 22.7. The van der Waals surface area contributed by atoms with E-state index in [4.69, 9.17) is 0 Å². The summed E-state index contributed by atoms with van der Waals surface area (Å²) < 4.78 is 15.9. The Morgan fingerprint density at radius 1 is 1.15 bits per heavy atom. The largest absolute Gasteiger partial charge is 0.356 e. The van der Waals surface area contributed by atoms with Crippen LogP contribution in [-0.4, -0.2) is 28.1 Å². The van der Waals surface area contributed by atoms with Gasteiger partial charge in [0.1, 0.15) is 5.69 Å². The van der Waals surface area contributed by atoms with Crippen LogP contribution in [0.3, 0.4) is 0 Å². The van der Waals surface area contributed by atoms with Gasteiger partial charge in [-0.05, 0) is 51.0 Å². The molecule has 0 saturated heterocycles. The van der Waals surface area contributed by atoms with E-state index in [1.54, 1.807) is 16.8 Å². The molecular weight excluding hydrogens is 335 g/mol. The summed E-state index contributed by atoms with van der Waals surface area (Å²) in [6.07, 6.45) is 2.76. The van der Waals surface area contributed by atoms with Gasteiger partial charge in [-0.2, -0.15) is 5.10 Å². The predicted octanol–water partition coefficient (Wildman–Crippen LogP) is 3.26. The molecule has 0 bridgehead atoms. The Kier molecular flexibility index (Phi) is 6.89. The molecule has 2 N–H and O–H groups in total. The molecule has 26 heavy (non-hydrogen) atoms. The van der Waals surface area contributed by atoms with Gasteiger partial charge < -0.3 is 10.6 Å². The van der Waals surface area contributed by atoms with E-state index >= 15 is 0 Å². The number of nitrogens with zero attached hydrogens (tertiary/aromatic N) is 2. The Hall–Kier alpha value is -2.70. The topological polar surface area (TPSA) is 76.0 Å². The molecule has 0 saturated carbocycles. The maximum absolute atomic E-state index is 14.4. The van der Waals surface area contributed by atoms with E-state index in [9.17, 15) is 14.0 Å². The second-order valence-corrected chi connectivity index (χ2v) is 6.35. The van der Waals surface area contributed by atoms with Crippen molar-refractivity contribution in [2.24, 2.45) is 0 Å².